The number of nitrogens with zero attached hydrogens (tertiary/aromatic N) is 4. The fourth-order valence-electron chi connectivity index (χ4n) is 4.90. The molecule has 6 rings (SSSR count). The molecular weight excluding hydrogens is 432 g/mol. The van der Waals surface area contributed by atoms with E-state index in [0.29, 0.717) is 12.4 Å². The van der Waals surface area contributed by atoms with Crippen molar-refractivity contribution in [3.63, 3.8) is 0 Å². The maximum Gasteiger partial charge on any atom is 0.155 e. The van der Waals surface area contributed by atoms with Gasteiger partial charge in [-0.3, -0.25) is 4.40 Å². The molecule has 0 aliphatic carbocycles. The van der Waals surface area contributed by atoms with Crippen molar-refractivity contribution in [1.82, 2.24) is 19.4 Å². The van der Waals surface area contributed by atoms with Crippen LogP contribution in [0.25, 0.3) is 27.2 Å². The molecule has 0 bridgehead atoms. The van der Waals surface area contributed by atoms with Crippen LogP contribution in [0.5, 0.6) is 0 Å². The van der Waals surface area contributed by atoms with Gasteiger partial charge in [-0.1, -0.05) is 42.5 Å². The van der Waals surface area contributed by atoms with Crippen LogP contribution < -0.4 is 11.1 Å². The Morgan fingerprint density at radius 1 is 0.886 bits per heavy atom. The molecule has 0 atom stereocenters. The molecule has 35 heavy (non-hydrogen) atoms. The van der Waals surface area contributed by atoms with Gasteiger partial charge in [-0.25, -0.2) is 15.0 Å². The van der Waals surface area contributed by atoms with Crippen LogP contribution in [0.3, 0.4) is 0 Å². The number of anilines is 2. The summed E-state index contributed by atoms with van der Waals surface area (Å²) in [6.45, 7) is 4.92. The molecule has 0 spiro atoms. The topological polar surface area (TPSA) is 81.1 Å². The van der Waals surface area contributed by atoms with Crippen molar-refractivity contribution in [2.45, 2.75) is 26.8 Å². The average molecular weight is 459 g/mol. The van der Waals surface area contributed by atoms with E-state index < -0.39 is 0 Å². The molecule has 0 aliphatic heterocycles. The van der Waals surface area contributed by atoms with Crippen LogP contribution >= 0.6 is 0 Å². The van der Waals surface area contributed by atoms with Gasteiger partial charge in [0.2, 0.25) is 0 Å². The first kappa shape index (κ1) is 21.1. The standard InChI is InChI=1S/C29H26N6/c1-18-11-25-24(9-10-31-29(25)30)19(2)26(18)15-32-27-17-35-23(14-34-28(35)16-33-27)13-20-7-8-21-5-3-4-6-22(21)12-20/h3-12,14,16-17,32H,13,15H2,1-2H3,(H2,30,31). The number of hydrogen-bond acceptors (Lipinski definition) is 5. The van der Waals surface area contributed by atoms with Crippen LogP contribution in [0.4, 0.5) is 11.6 Å². The number of nitrogens with one attached hydrogen (secondary N) is 1. The second-order valence-electron chi connectivity index (χ2n) is 9.05. The summed E-state index contributed by atoms with van der Waals surface area (Å²) in [7, 11) is 0. The lowest BCUT2D eigenvalue weighted by molar-refractivity contribution is 0.995. The molecule has 6 aromatic rings. The number of fused-ring (bicyclic) bond motifs is 3. The van der Waals surface area contributed by atoms with Gasteiger partial charge >= 0.3 is 0 Å². The van der Waals surface area contributed by atoms with E-state index in [2.05, 4.69) is 87.0 Å². The third-order valence-corrected chi connectivity index (χ3v) is 6.83. The van der Waals surface area contributed by atoms with E-state index in [4.69, 9.17) is 5.73 Å². The Hall–Kier alpha value is -4.45. The summed E-state index contributed by atoms with van der Waals surface area (Å²) in [5, 5.41) is 8.15. The van der Waals surface area contributed by atoms with Gasteiger partial charge in [0.15, 0.2) is 5.65 Å². The molecule has 3 aromatic carbocycles. The van der Waals surface area contributed by atoms with Crippen molar-refractivity contribution < 1.29 is 0 Å². The molecule has 0 amide bonds. The molecule has 3 heterocycles. The number of pyridine rings is 1. The maximum atomic E-state index is 6.10. The predicted octanol–water partition coefficient (Wildman–Crippen LogP) is 5.83. The normalized spacial score (nSPS) is 11.5. The monoisotopic (exact) mass is 458 g/mol. The van der Waals surface area contributed by atoms with Gasteiger partial charge in [-0.05, 0) is 64.4 Å². The maximum absolute atomic E-state index is 6.10. The van der Waals surface area contributed by atoms with Crippen LogP contribution in [0.1, 0.15) is 27.9 Å². The Morgan fingerprint density at radius 3 is 2.63 bits per heavy atom. The summed E-state index contributed by atoms with van der Waals surface area (Å²) in [5.41, 5.74) is 13.0. The predicted molar refractivity (Wildman–Crippen MR) is 143 cm³/mol. The van der Waals surface area contributed by atoms with Crippen molar-refractivity contribution in [3.8, 4) is 0 Å². The van der Waals surface area contributed by atoms with Crippen molar-refractivity contribution in [1.29, 1.82) is 0 Å². The third-order valence-electron chi connectivity index (χ3n) is 6.83. The quantitative estimate of drug-likeness (QED) is 0.340. The van der Waals surface area contributed by atoms with Gasteiger partial charge in [-0.2, -0.15) is 0 Å². The van der Waals surface area contributed by atoms with Gasteiger partial charge < -0.3 is 11.1 Å². The van der Waals surface area contributed by atoms with Crippen molar-refractivity contribution in [3.05, 3.63) is 107 Å². The highest BCUT2D eigenvalue weighted by molar-refractivity contribution is 5.94. The van der Waals surface area contributed by atoms with Crippen molar-refractivity contribution >= 4 is 38.8 Å². The lowest BCUT2D eigenvalue weighted by atomic mass is 9.96. The van der Waals surface area contributed by atoms with Crippen LogP contribution in [-0.4, -0.2) is 19.4 Å². The van der Waals surface area contributed by atoms with E-state index in [9.17, 15) is 0 Å². The molecule has 6 heteroatoms. The van der Waals surface area contributed by atoms with Crippen molar-refractivity contribution in [2.75, 3.05) is 11.1 Å². The first-order valence-corrected chi connectivity index (χ1v) is 11.7. The number of rotatable bonds is 5. The van der Waals surface area contributed by atoms with Gasteiger partial charge in [0.1, 0.15) is 11.6 Å². The highest BCUT2D eigenvalue weighted by Crippen LogP contribution is 2.28. The molecular formula is C29H26N6. The summed E-state index contributed by atoms with van der Waals surface area (Å²) >= 11 is 0. The first-order valence-electron chi connectivity index (χ1n) is 11.7. The number of benzene rings is 3. The smallest absolute Gasteiger partial charge is 0.155 e. The highest BCUT2D eigenvalue weighted by Gasteiger charge is 2.11. The van der Waals surface area contributed by atoms with Gasteiger partial charge in [-0.15, -0.1) is 0 Å². The number of aryl methyl sites for hydroxylation is 2. The summed E-state index contributed by atoms with van der Waals surface area (Å²) in [4.78, 5) is 13.4. The van der Waals surface area contributed by atoms with Crippen LogP contribution in [0, 0.1) is 13.8 Å². The zero-order chi connectivity index (χ0) is 23.9. The SMILES string of the molecule is Cc1cc2c(N)nccc2c(C)c1CNc1cn2c(Cc3ccc4ccccc4c3)cnc2cn1. The number of imidazole rings is 1. The molecule has 0 saturated heterocycles. The Balaban J connectivity index is 1.28. The van der Waals surface area contributed by atoms with E-state index in [1.54, 1.807) is 6.20 Å². The summed E-state index contributed by atoms with van der Waals surface area (Å²) in [6, 6.07) is 19.2. The fourth-order valence-corrected chi connectivity index (χ4v) is 4.90. The van der Waals surface area contributed by atoms with E-state index in [0.717, 1.165) is 34.4 Å². The minimum atomic E-state index is 0.569. The van der Waals surface area contributed by atoms with Crippen LogP contribution in [0.2, 0.25) is 0 Å². The molecule has 3 N–H and O–H groups in total. The van der Waals surface area contributed by atoms with Gasteiger partial charge in [0, 0.05) is 36.4 Å². The summed E-state index contributed by atoms with van der Waals surface area (Å²) in [5.74, 6) is 1.38. The molecule has 3 aromatic heterocycles. The second-order valence-corrected chi connectivity index (χ2v) is 9.05. The van der Waals surface area contributed by atoms with E-state index in [-0.39, 0.29) is 0 Å². The largest absolute Gasteiger partial charge is 0.383 e. The number of nitrogen functional groups attached to an aromatic ring is 1. The number of nitrogens with two attached hydrogens (primary N) is 1. The third kappa shape index (κ3) is 3.83. The zero-order valence-corrected chi connectivity index (χ0v) is 19.8. The second kappa shape index (κ2) is 8.40. The Kier molecular flexibility index (Phi) is 5.07. The fraction of sp³-hybridized carbons (Fsp3) is 0.138. The van der Waals surface area contributed by atoms with E-state index in [1.165, 1.54) is 33.0 Å². The molecule has 0 radical (unpaired) electrons. The van der Waals surface area contributed by atoms with Gasteiger partial charge in [0.05, 0.1) is 12.4 Å². The van der Waals surface area contributed by atoms with Crippen LogP contribution in [0.15, 0.2) is 79.4 Å². The summed E-state index contributed by atoms with van der Waals surface area (Å²) < 4.78 is 2.12. The van der Waals surface area contributed by atoms with E-state index in [1.807, 2.05) is 24.7 Å². The molecule has 0 saturated carbocycles. The van der Waals surface area contributed by atoms with Crippen LogP contribution in [-0.2, 0) is 13.0 Å². The highest BCUT2D eigenvalue weighted by atomic mass is 15.1. The lowest BCUT2D eigenvalue weighted by Crippen LogP contribution is -2.07. The lowest BCUT2D eigenvalue weighted by Gasteiger charge is -2.15. The number of hydrogen-bond donors (Lipinski definition) is 2. The Morgan fingerprint density at radius 2 is 1.74 bits per heavy atom. The molecule has 0 unspecified atom stereocenters. The number of aromatic nitrogens is 4. The molecule has 6 nitrogen and oxygen atoms in total. The minimum Gasteiger partial charge on any atom is -0.383 e. The Bertz CT molecular complexity index is 1720. The Labute approximate surface area is 203 Å². The molecule has 172 valence electrons. The molecule has 0 fully saturated rings. The average Bonchev–Trinajstić information content (AvgIpc) is 3.26. The van der Waals surface area contributed by atoms with Gasteiger partial charge in [0.25, 0.3) is 0 Å². The minimum absolute atomic E-state index is 0.569. The summed E-state index contributed by atoms with van der Waals surface area (Å²) in [6.07, 6.45) is 8.35. The molecule has 0 aliphatic rings. The zero-order valence-electron chi connectivity index (χ0n) is 19.8. The van der Waals surface area contributed by atoms with E-state index >= 15 is 0 Å². The van der Waals surface area contributed by atoms with Crippen molar-refractivity contribution in [2.24, 2.45) is 0 Å². The first-order chi connectivity index (χ1) is 17.1.